The van der Waals surface area contributed by atoms with Crippen LogP contribution in [0.2, 0.25) is 0 Å². The standard InChI is InChI=1S/3C8H18N.C5H5.V/c3*1-2-3-4-5-6-7-8-9;1-2-4-5-3-1;/h3*9H,2-8H2,1H3;1-3H,4H2;/q4*-1;+4. The van der Waals surface area contributed by atoms with Gasteiger partial charge in [0.15, 0.2) is 0 Å². The van der Waals surface area contributed by atoms with Crippen LogP contribution in [0.25, 0.3) is 17.2 Å². The Kier molecular flexibility index (Phi) is 55.3. The summed E-state index contributed by atoms with van der Waals surface area (Å²) in [4.78, 5) is 0. The van der Waals surface area contributed by atoms with E-state index >= 15 is 0 Å². The number of hydrogen-bond donors (Lipinski definition) is 0. The van der Waals surface area contributed by atoms with Gasteiger partial charge in [-0.05, 0) is 0 Å². The number of rotatable bonds is 18. The van der Waals surface area contributed by atoms with Gasteiger partial charge in [-0.3, -0.25) is 6.08 Å². The Hall–Kier alpha value is -0.0556. The van der Waals surface area contributed by atoms with E-state index < -0.39 is 0 Å². The van der Waals surface area contributed by atoms with Crippen molar-refractivity contribution in [2.75, 3.05) is 19.6 Å². The maximum absolute atomic E-state index is 6.88. The van der Waals surface area contributed by atoms with E-state index in [4.69, 9.17) is 17.2 Å². The normalized spacial score (nSPS) is 10.8. The molecule has 33 heavy (non-hydrogen) atoms. The number of allylic oxidation sites excluding steroid dienone is 4. The van der Waals surface area contributed by atoms with E-state index in [1.54, 1.807) is 0 Å². The average Bonchev–Trinajstić information content (AvgIpc) is 3.40. The minimum Gasteiger partial charge on any atom is -0.677 e. The Bertz CT molecular complexity index is 272. The van der Waals surface area contributed by atoms with Crippen molar-refractivity contribution >= 4 is 0 Å². The van der Waals surface area contributed by atoms with Crippen molar-refractivity contribution in [3.8, 4) is 0 Å². The second-order valence-electron chi connectivity index (χ2n) is 8.56. The first-order chi connectivity index (χ1) is 15.7. The molecule has 1 radical (unpaired) electrons. The van der Waals surface area contributed by atoms with Crippen LogP contribution < -0.4 is 0 Å². The largest absolute Gasteiger partial charge is 4.00 e. The predicted octanol–water partition coefficient (Wildman–Crippen LogP) is 11.5. The number of nitrogens with one attached hydrogen (secondary N) is 3. The van der Waals surface area contributed by atoms with Gasteiger partial charge in [0.05, 0.1) is 0 Å². The molecule has 0 fully saturated rings. The van der Waals surface area contributed by atoms with Crippen molar-refractivity contribution in [3.05, 3.63) is 41.5 Å². The number of hydrogen-bond acceptors (Lipinski definition) is 0. The van der Waals surface area contributed by atoms with Crippen molar-refractivity contribution in [1.82, 2.24) is 0 Å². The zero-order valence-corrected chi connectivity index (χ0v) is 24.1. The Labute approximate surface area is 222 Å². The third-order valence-corrected chi connectivity index (χ3v) is 5.18. The molecule has 0 heterocycles. The van der Waals surface area contributed by atoms with E-state index in [1.807, 2.05) is 12.2 Å². The minimum atomic E-state index is 0. The Balaban J connectivity index is -0.000000171. The molecule has 0 unspecified atom stereocenters. The first-order valence-corrected chi connectivity index (χ1v) is 13.9. The summed E-state index contributed by atoms with van der Waals surface area (Å²) < 4.78 is 0. The number of unbranched alkanes of at least 4 members (excludes halogenated alkanes) is 15. The fourth-order valence-electron chi connectivity index (χ4n) is 3.06. The monoisotopic (exact) mass is 500 g/mol. The molecule has 0 aliphatic heterocycles. The van der Waals surface area contributed by atoms with Crippen LogP contribution in [0.3, 0.4) is 0 Å². The molecule has 0 saturated heterocycles. The van der Waals surface area contributed by atoms with E-state index in [2.05, 4.69) is 32.9 Å². The van der Waals surface area contributed by atoms with Crippen LogP contribution in [0.15, 0.2) is 18.2 Å². The van der Waals surface area contributed by atoms with Crippen LogP contribution in [-0.2, 0) is 18.6 Å². The van der Waals surface area contributed by atoms with Gasteiger partial charge in [0.2, 0.25) is 0 Å². The molecule has 195 valence electrons. The molecule has 4 heteroatoms. The van der Waals surface area contributed by atoms with Gasteiger partial charge in [0.25, 0.3) is 0 Å². The van der Waals surface area contributed by atoms with Crippen LogP contribution in [0, 0.1) is 6.08 Å². The smallest absolute Gasteiger partial charge is 0.677 e. The van der Waals surface area contributed by atoms with E-state index in [0.29, 0.717) is 19.6 Å². The van der Waals surface area contributed by atoms with E-state index in [1.165, 1.54) is 96.3 Å². The van der Waals surface area contributed by atoms with Crippen LogP contribution in [0.1, 0.15) is 143 Å². The van der Waals surface area contributed by atoms with Crippen LogP contribution >= 0.6 is 0 Å². The molecule has 0 amide bonds. The van der Waals surface area contributed by atoms with Crippen LogP contribution in [0.5, 0.6) is 0 Å². The molecule has 1 aliphatic carbocycles. The molecule has 1 rings (SSSR count). The molecule has 0 spiro atoms. The summed E-state index contributed by atoms with van der Waals surface area (Å²) in [7, 11) is 0. The van der Waals surface area contributed by atoms with Gasteiger partial charge < -0.3 is 17.2 Å². The van der Waals surface area contributed by atoms with E-state index in [-0.39, 0.29) is 18.6 Å². The molecule has 3 N–H and O–H groups in total. The molecule has 0 saturated carbocycles. The molecule has 1 aliphatic rings. The van der Waals surface area contributed by atoms with Crippen molar-refractivity contribution in [2.45, 2.75) is 143 Å². The van der Waals surface area contributed by atoms with Crippen molar-refractivity contribution in [3.63, 3.8) is 0 Å². The van der Waals surface area contributed by atoms with Crippen molar-refractivity contribution in [1.29, 1.82) is 0 Å². The molecular formula is C29H59N3V. The molecule has 0 aromatic carbocycles. The van der Waals surface area contributed by atoms with Gasteiger partial charge in [-0.2, -0.15) is 25.7 Å². The molecule has 0 atom stereocenters. The van der Waals surface area contributed by atoms with Gasteiger partial charge in [0.1, 0.15) is 0 Å². The molecule has 3 nitrogen and oxygen atoms in total. The van der Waals surface area contributed by atoms with Crippen LogP contribution in [0.4, 0.5) is 0 Å². The second kappa shape index (κ2) is 45.4. The second-order valence-corrected chi connectivity index (χ2v) is 8.56. The third kappa shape index (κ3) is 54.4. The summed E-state index contributed by atoms with van der Waals surface area (Å²) in [5.74, 6) is 0. The van der Waals surface area contributed by atoms with Gasteiger partial charge in [0, 0.05) is 0 Å². The van der Waals surface area contributed by atoms with Gasteiger partial charge >= 0.3 is 18.6 Å². The maximum atomic E-state index is 6.88. The maximum Gasteiger partial charge on any atom is 4.00 e. The third-order valence-electron chi connectivity index (χ3n) is 5.18. The van der Waals surface area contributed by atoms with Crippen molar-refractivity contribution < 1.29 is 18.6 Å². The Morgan fingerprint density at radius 1 is 0.515 bits per heavy atom. The van der Waals surface area contributed by atoms with Crippen molar-refractivity contribution in [2.24, 2.45) is 0 Å². The summed E-state index contributed by atoms with van der Waals surface area (Å²) in [6, 6.07) is 0. The predicted molar refractivity (Wildman–Crippen MR) is 149 cm³/mol. The quantitative estimate of drug-likeness (QED) is 0.133. The van der Waals surface area contributed by atoms with E-state index in [0.717, 1.165) is 25.7 Å². The summed E-state index contributed by atoms with van der Waals surface area (Å²) in [6.07, 6.45) is 33.3. The summed E-state index contributed by atoms with van der Waals surface area (Å²) >= 11 is 0. The minimum absolute atomic E-state index is 0. The fraction of sp³-hybridized carbons (Fsp3) is 0.862. The van der Waals surface area contributed by atoms with E-state index in [9.17, 15) is 0 Å². The molecule has 0 bridgehead atoms. The average molecular weight is 501 g/mol. The topological polar surface area (TPSA) is 71.4 Å². The Morgan fingerprint density at radius 2 is 0.818 bits per heavy atom. The fourth-order valence-corrected chi connectivity index (χ4v) is 3.06. The Morgan fingerprint density at radius 3 is 1.00 bits per heavy atom. The van der Waals surface area contributed by atoms with Gasteiger partial charge in [-0.15, -0.1) is 6.42 Å². The summed E-state index contributed by atoms with van der Waals surface area (Å²) in [6.45, 7) is 8.53. The zero-order chi connectivity index (χ0) is 24.4. The molecular weight excluding hydrogens is 441 g/mol. The zero-order valence-electron chi connectivity index (χ0n) is 22.7. The first kappa shape index (κ1) is 40.1. The summed E-state index contributed by atoms with van der Waals surface area (Å²) in [5.41, 5.74) is 20.6. The SMILES string of the molecule is CCCCCCCC[NH-].CCCCCCCC[NH-].CCCCCCCC[NH-].[C-]1=CC=CC1.[V+4]. The first-order valence-electron chi connectivity index (χ1n) is 13.9. The summed E-state index contributed by atoms with van der Waals surface area (Å²) in [5, 5.41) is 0. The van der Waals surface area contributed by atoms with Crippen LogP contribution in [-0.4, -0.2) is 19.6 Å². The van der Waals surface area contributed by atoms with Gasteiger partial charge in [-0.1, -0.05) is 136 Å². The van der Waals surface area contributed by atoms with Gasteiger partial charge in [-0.25, -0.2) is 12.2 Å². The molecule has 0 aromatic heterocycles. The molecule has 0 aromatic rings.